The summed E-state index contributed by atoms with van der Waals surface area (Å²) in [5.41, 5.74) is -4.01. The van der Waals surface area contributed by atoms with Crippen LogP contribution in [-0.4, -0.2) is 95.3 Å². The Morgan fingerprint density at radius 2 is 1.80 bits per heavy atom. The number of hydrogen-bond acceptors (Lipinski definition) is 10. The molecule has 4 amide bonds. The Bertz CT molecular complexity index is 1050. The quantitative estimate of drug-likeness (QED) is 0.248. The Morgan fingerprint density at radius 3 is 2.27 bits per heavy atom. The van der Waals surface area contributed by atoms with Crippen LogP contribution in [0.15, 0.2) is 0 Å². The molecule has 0 bridgehead atoms. The van der Waals surface area contributed by atoms with Crippen LogP contribution in [0.5, 0.6) is 0 Å². The maximum absolute atomic E-state index is 13.2. The van der Waals surface area contributed by atoms with E-state index in [2.05, 4.69) is 16.0 Å². The smallest absolute Gasteiger partial charge is 0.410 e. The zero-order chi connectivity index (χ0) is 31.2. The number of piperidine rings is 1. The van der Waals surface area contributed by atoms with Crippen molar-refractivity contribution >= 4 is 34.1 Å². The summed E-state index contributed by atoms with van der Waals surface area (Å²) < 4.78 is 45.9. The fourth-order valence-electron chi connectivity index (χ4n) is 4.93. The van der Waals surface area contributed by atoms with Crippen molar-refractivity contribution in [3.05, 3.63) is 0 Å². The van der Waals surface area contributed by atoms with E-state index >= 15 is 0 Å². The summed E-state index contributed by atoms with van der Waals surface area (Å²) >= 11 is 0. The third-order valence-corrected chi connectivity index (χ3v) is 8.18. The predicted molar refractivity (Wildman–Crippen MR) is 146 cm³/mol. The lowest BCUT2D eigenvalue weighted by Crippen LogP contribution is -2.56. The topological polar surface area (TPSA) is 204 Å². The van der Waals surface area contributed by atoms with Crippen LogP contribution < -0.4 is 16.0 Å². The van der Waals surface area contributed by atoms with E-state index < -0.39 is 62.9 Å². The Kier molecular flexibility index (Phi) is 11.8. The van der Waals surface area contributed by atoms with Gasteiger partial charge in [0.15, 0.2) is 5.44 Å². The van der Waals surface area contributed by atoms with Crippen molar-refractivity contribution in [2.24, 2.45) is 11.8 Å². The third-order valence-electron chi connectivity index (χ3n) is 7.26. The van der Waals surface area contributed by atoms with Crippen molar-refractivity contribution in [2.75, 3.05) is 19.6 Å². The molecule has 4 N–H and O–H groups in total. The van der Waals surface area contributed by atoms with E-state index in [9.17, 15) is 37.3 Å². The first-order valence-electron chi connectivity index (χ1n) is 14.0. The molecule has 0 radical (unpaired) electrons. The Balaban J connectivity index is 2.10. The number of carbonyl (C=O) groups excluding carboxylic acids is 4. The van der Waals surface area contributed by atoms with Crippen molar-refractivity contribution in [1.82, 2.24) is 20.9 Å². The number of aliphatic hydroxyl groups is 1. The lowest BCUT2D eigenvalue weighted by atomic mass is 9.89. The lowest BCUT2D eigenvalue weighted by Gasteiger charge is -2.41. The average molecular weight is 606 g/mol. The second-order valence-corrected chi connectivity index (χ2v) is 13.7. The van der Waals surface area contributed by atoms with E-state index in [0.717, 1.165) is 0 Å². The number of rotatable bonds is 11. The van der Waals surface area contributed by atoms with Gasteiger partial charge in [-0.25, -0.2) is 18.0 Å². The molecule has 0 aromatic heterocycles. The van der Waals surface area contributed by atoms with Gasteiger partial charge in [-0.1, -0.05) is 20.8 Å². The Hall–Kier alpha value is -2.65. The number of alkyl carbamates (subject to hydrolysis) is 1. The Morgan fingerprint density at radius 1 is 1.20 bits per heavy atom. The number of likely N-dealkylation sites (tertiary alicyclic amines) is 1. The van der Waals surface area contributed by atoms with E-state index in [0.29, 0.717) is 45.3 Å². The maximum Gasteiger partial charge on any atom is 0.410 e. The van der Waals surface area contributed by atoms with E-state index in [1.807, 2.05) is 20.8 Å². The van der Waals surface area contributed by atoms with Crippen molar-refractivity contribution in [3.63, 3.8) is 0 Å². The minimum atomic E-state index is -5.22. The summed E-state index contributed by atoms with van der Waals surface area (Å²) in [4.78, 5) is 52.2. The van der Waals surface area contributed by atoms with Gasteiger partial charge in [-0.15, -0.1) is 0 Å². The highest BCUT2D eigenvalue weighted by Gasteiger charge is 2.40. The maximum atomic E-state index is 13.2. The SMILES string of the molecule is CCC1(OC(=O)N[C@@H](CC(C)C)C(=O)N[C@@H](C[C@@H]2CCNC2=O)C(O)S(=O)(=O)[O-])CCN(C(=O)OC(C)(C)C)CC1. The molecule has 41 heavy (non-hydrogen) atoms. The van der Waals surface area contributed by atoms with Crippen molar-refractivity contribution in [1.29, 1.82) is 0 Å². The first kappa shape index (κ1) is 34.6. The molecule has 2 heterocycles. The van der Waals surface area contributed by atoms with Crippen molar-refractivity contribution in [3.8, 4) is 0 Å². The van der Waals surface area contributed by atoms with Gasteiger partial charge in [0.05, 0.1) is 6.04 Å². The van der Waals surface area contributed by atoms with Gasteiger partial charge in [-0.3, -0.25) is 9.59 Å². The van der Waals surface area contributed by atoms with Crippen LogP contribution in [0.4, 0.5) is 9.59 Å². The summed E-state index contributed by atoms with van der Waals surface area (Å²) in [5, 5.41) is 17.7. The normalized spacial score (nSPS) is 21.4. The summed E-state index contributed by atoms with van der Waals surface area (Å²) in [6.45, 7) is 11.8. The molecule has 14 nitrogen and oxygen atoms in total. The lowest BCUT2D eigenvalue weighted by molar-refractivity contribution is -0.126. The standard InChI is InChI=1S/C26H46N4O10S/c1-7-26(9-12-30(13-10-26)24(35)40-25(4,5)6)39-23(34)29-18(14-16(2)3)21(32)28-19(22(33)41(36,37)38)15-17-8-11-27-20(17)31/h16-19,22,33H,7-15H2,1-6H3,(H,27,31)(H,28,32)(H,29,34)(H,36,37,38)/p-1/t17-,18-,19-,22?/m0/s1. The number of nitrogens with one attached hydrogen (secondary N) is 3. The van der Waals surface area contributed by atoms with Crippen LogP contribution in [-0.2, 0) is 29.2 Å². The highest BCUT2D eigenvalue weighted by Crippen LogP contribution is 2.31. The molecular weight excluding hydrogens is 560 g/mol. The summed E-state index contributed by atoms with van der Waals surface area (Å²) in [5.74, 6) is -1.99. The predicted octanol–water partition coefficient (Wildman–Crippen LogP) is 1.18. The van der Waals surface area contributed by atoms with Crippen molar-refractivity contribution in [2.45, 2.75) is 109 Å². The van der Waals surface area contributed by atoms with Crippen LogP contribution in [0.25, 0.3) is 0 Å². The van der Waals surface area contributed by atoms with Crippen LogP contribution in [0, 0.1) is 11.8 Å². The molecule has 2 saturated heterocycles. The van der Waals surface area contributed by atoms with Gasteiger partial charge in [0.25, 0.3) is 0 Å². The van der Waals surface area contributed by atoms with Gasteiger partial charge in [-0.2, -0.15) is 0 Å². The van der Waals surface area contributed by atoms with Gasteiger partial charge in [-0.05, 0) is 52.4 Å². The van der Waals surface area contributed by atoms with Gasteiger partial charge < -0.3 is 40.0 Å². The molecule has 2 aliphatic heterocycles. The monoisotopic (exact) mass is 605 g/mol. The summed E-state index contributed by atoms with van der Waals surface area (Å²) in [6.07, 6.45) is 0.0702. The second-order valence-electron chi connectivity index (χ2n) is 12.2. The number of hydrogen-bond donors (Lipinski definition) is 4. The molecule has 0 aromatic rings. The molecule has 1 unspecified atom stereocenters. The number of ether oxygens (including phenoxy) is 2. The molecule has 2 rings (SSSR count). The Labute approximate surface area is 242 Å². The zero-order valence-corrected chi connectivity index (χ0v) is 25.5. The molecule has 236 valence electrons. The highest BCUT2D eigenvalue weighted by molar-refractivity contribution is 7.86. The second kappa shape index (κ2) is 14.0. The minimum absolute atomic E-state index is 0.0875. The number of aliphatic hydroxyl groups excluding tert-OH is 1. The number of carbonyl (C=O) groups is 4. The summed E-state index contributed by atoms with van der Waals surface area (Å²) in [7, 11) is -5.22. The number of amides is 4. The van der Waals surface area contributed by atoms with Gasteiger partial charge in [0.2, 0.25) is 11.8 Å². The molecule has 4 atom stereocenters. The molecule has 2 fully saturated rings. The van der Waals surface area contributed by atoms with E-state index in [1.54, 1.807) is 25.7 Å². The number of nitrogens with zero attached hydrogens (tertiary/aromatic N) is 1. The third kappa shape index (κ3) is 10.6. The largest absolute Gasteiger partial charge is 0.746 e. The average Bonchev–Trinajstić information content (AvgIpc) is 3.25. The first-order valence-corrected chi connectivity index (χ1v) is 15.5. The van der Waals surface area contributed by atoms with Gasteiger partial charge in [0, 0.05) is 38.4 Å². The molecule has 0 aliphatic carbocycles. The zero-order valence-electron chi connectivity index (χ0n) is 24.7. The highest BCUT2D eigenvalue weighted by atomic mass is 32.2. The molecule has 0 saturated carbocycles. The molecular formula is C26H45N4O10S-. The first-order chi connectivity index (χ1) is 18.9. The van der Waals surface area contributed by atoms with E-state index in [1.165, 1.54) is 0 Å². The van der Waals surface area contributed by atoms with Gasteiger partial charge >= 0.3 is 12.2 Å². The molecule has 15 heteroatoms. The fraction of sp³-hybridized carbons (Fsp3) is 0.846. The van der Waals surface area contributed by atoms with Crippen LogP contribution in [0.3, 0.4) is 0 Å². The van der Waals surface area contributed by atoms with Crippen LogP contribution >= 0.6 is 0 Å². The van der Waals surface area contributed by atoms with E-state index in [4.69, 9.17) is 9.47 Å². The molecule has 0 aromatic carbocycles. The fourth-order valence-corrected chi connectivity index (χ4v) is 5.51. The van der Waals surface area contributed by atoms with E-state index in [-0.39, 0.29) is 24.7 Å². The minimum Gasteiger partial charge on any atom is -0.746 e. The van der Waals surface area contributed by atoms with Crippen LogP contribution in [0.2, 0.25) is 0 Å². The van der Waals surface area contributed by atoms with Gasteiger partial charge in [0.1, 0.15) is 27.4 Å². The molecule has 0 spiro atoms. The summed E-state index contributed by atoms with van der Waals surface area (Å²) in [6, 6.07) is -2.75. The molecule has 2 aliphatic rings. The van der Waals surface area contributed by atoms with Crippen LogP contribution in [0.1, 0.15) is 80.1 Å². The van der Waals surface area contributed by atoms with Crippen molar-refractivity contribution < 1.29 is 46.7 Å².